The van der Waals surface area contributed by atoms with Gasteiger partial charge in [-0.05, 0) is 34.0 Å². The van der Waals surface area contributed by atoms with E-state index in [1.165, 1.54) is 0 Å². The van der Waals surface area contributed by atoms with Crippen LogP contribution in [-0.2, 0) is 0 Å². The standard InChI is InChI=1S/C12H15BrN4O/c1-8(2)7-18-12-10(14)3-4-11(16-12)17-6-9(13)5-15-17/h3-6,8H,7,14H2,1-2H3. The molecule has 6 heteroatoms. The van der Waals surface area contributed by atoms with Crippen molar-refractivity contribution in [3.63, 3.8) is 0 Å². The summed E-state index contributed by atoms with van der Waals surface area (Å²) in [6.45, 7) is 4.73. The van der Waals surface area contributed by atoms with E-state index in [-0.39, 0.29) is 0 Å². The van der Waals surface area contributed by atoms with Gasteiger partial charge in [-0.25, -0.2) is 4.68 Å². The SMILES string of the molecule is CC(C)COc1nc(-n2cc(Br)cn2)ccc1N. The fourth-order valence-corrected chi connectivity index (χ4v) is 1.64. The number of halogens is 1. The highest BCUT2D eigenvalue weighted by Crippen LogP contribution is 2.21. The molecule has 2 rings (SSSR count). The molecular weight excluding hydrogens is 296 g/mol. The molecule has 0 amide bonds. The van der Waals surface area contributed by atoms with Gasteiger partial charge in [0.25, 0.3) is 0 Å². The molecule has 0 fully saturated rings. The average molecular weight is 311 g/mol. The molecule has 0 radical (unpaired) electrons. The predicted octanol–water partition coefficient (Wildman–Crippen LogP) is 2.65. The van der Waals surface area contributed by atoms with Crippen LogP contribution in [-0.4, -0.2) is 21.4 Å². The number of hydrogen-bond donors (Lipinski definition) is 1. The third-order valence-corrected chi connectivity index (χ3v) is 2.62. The Bertz CT molecular complexity index is 539. The van der Waals surface area contributed by atoms with Gasteiger partial charge in [0.15, 0.2) is 5.82 Å². The zero-order valence-corrected chi connectivity index (χ0v) is 11.9. The van der Waals surface area contributed by atoms with Crippen LogP contribution in [0.1, 0.15) is 13.8 Å². The van der Waals surface area contributed by atoms with Crippen LogP contribution < -0.4 is 10.5 Å². The van der Waals surface area contributed by atoms with E-state index in [2.05, 4.69) is 39.9 Å². The topological polar surface area (TPSA) is 66.0 Å². The van der Waals surface area contributed by atoms with E-state index in [0.717, 1.165) is 4.47 Å². The van der Waals surface area contributed by atoms with Crippen molar-refractivity contribution in [2.45, 2.75) is 13.8 Å². The lowest BCUT2D eigenvalue weighted by molar-refractivity contribution is 0.262. The first kappa shape index (κ1) is 12.9. The van der Waals surface area contributed by atoms with Crippen LogP contribution in [0.5, 0.6) is 5.88 Å². The van der Waals surface area contributed by atoms with Gasteiger partial charge in [-0.1, -0.05) is 13.8 Å². The summed E-state index contributed by atoms with van der Waals surface area (Å²) in [7, 11) is 0. The highest BCUT2D eigenvalue weighted by atomic mass is 79.9. The number of nitrogens with two attached hydrogens (primary N) is 1. The second-order valence-corrected chi connectivity index (χ2v) is 5.29. The van der Waals surface area contributed by atoms with Crippen LogP contribution in [0.25, 0.3) is 5.82 Å². The van der Waals surface area contributed by atoms with Crippen molar-refractivity contribution in [3.8, 4) is 11.7 Å². The normalized spacial score (nSPS) is 10.9. The van der Waals surface area contributed by atoms with E-state index in [1.54, 1.807) is 23.0 Å². The maximum absolute atomic E-state index is 5.83. The minimum Gasteiger partial charge on any atom is -0.476 e. The summed E-state index contributed by atoms with van der Waals surface area (Å²) >= 11 is 3.35. The molecule has 0 saturated carbocycles. The molecule has 0 bridgehead atoms. The fourth-order valence-electron chi connectivity index (χ4n) is 1.36. The molecule has 0 aliphatic carbocycles. The summed E-state index contributed by atoms with van der Waals surface area (Å²) < 4.78 is 8.13. The molecule has 0 unspecified atom stereocenters. The van der Waals surface area contributed by atoms with Crippen molar-refractivity contribution in [3.05, 3.63) is 29.0 Å². The highest BCUT2D eigenvalue weighted by Gasteiger charge is 2.07. The Morgan fingerprint density at radius 1 is 1.44 bits per heavy atom. The Balaban J connectivity index is 2.25. The Kier molecular flexibility index (Phi) is 3.86. The number of pyridine rings is 1. The Morgan fingerprint density at radius 3 is 2.83 bits per heavy atom. The Morgan fingerprint density at radius 2 is 2.22 bits per heavy atom. The van der Waals surface area contributed by atoms with E-state index >= 15 is 0 Å². The molecule has 2 aromatic rings. The maximum atomic E-state index is 5.83. The Hall–Kier alpha value is -1.56. The van der Waals surface area contributed by atoms with Gasteiger partial charge in [0, 0.05) is 6.20 Å². The number of nitrogen functional groups attached to an aromatic ring is 1. The van der Waals surface area contributed by atoms with Crippen molar-refractivity contribution in [2.24, 2.45) is 5.92 Å². The first-order valence-electron chi connectivity index (χ1n) is 5.66. The van der Waals surface area contributed by atoms with Gasteiger partial charge in [-0.3, -0.25) is 0 Å². The zero-order chi connectivity index (χ0) is 13.1. The maximum Gasteiger partial charge on any atom is 0.239 e. The number of anilines is 1. The van der Waals surface area contributed by atoms with Crippen LogP contribution in [0.4, 0.5) is 5.69 Å². The van der Waals surface area contributed by atoms with E-state index in [1.807, 2.05) is 6.20 Å². The number of aromatic nitrogens is 3. The van der Waals surface area contributed by atoms with Crippen LogP contribution in [0.3, 0.4) is 0 Å². The molecule has 5 nitrogen and oxygen atoms in total. The highest BCUT2D eigenvalue weighted by molar-refractivity contribution is 9.10. The molecule has 0 atom stereocenters. The monoisotopic (exact) mass is 310 g/mol. The fraction of sp³-hybridized carbons (Fsp3) is 0.333. The second-order valence-electron chi connectivity index (χ2n) is 4.37. The van der Waals surface area contributed by atoms with Crippen molar-refractivity contribution in [1.29, 1.82) is 0 Å². The lowest BCUT2D eigenvalue weighted by Crippen LogP contribution is -2.09. The van der Waals surface area contributed by atoms with Crippen LogP contribution in [0.2, 0.25) is 0 Å². The summed E-state index contributed by atoms with van der Waals surface area (Å²) in [5.74, 6) is 1.55. The number of rotatable bonds is 4. The largest absolute Gasteiger partial charge is 0.476 e. The first-order chi connectivity index (χ1) is 8.56. The molecule has 0 aliphatic heterocycles. The molecule has 2 heterocycles. The van der Waals surface area contributed by atoms with E-state index in [0.29, 0.717) is 29.9 Å². The number of ether oxygens (including phenoxy) is 1. The summed E-state index contributed by atoms with van der Waals surface area (Å²) in [4.78, 5) is 4.36. The Labute approximate surface area is 114 Å². The zero-order valence-electron chi connectivity index (χ0n) is 10.3. The first-order valence-corrected chi connectivity index (χ1v) is 6.45. The van der Waals surface area contributed by atoms with Crippen LogP contribution >= 0.6 is 15.9 Å². The van der Waals surface area contributed by atoms with Gasteiger partial charge in [0.05, 0.1) is 23.0 Å². The summed E-state index contributed by atoms with van der Waals surface area (Å²) in [5, 5.41) is 4.16. The molecule has 2 aromatic heterocycles. The van der Waals surface area contributed by atoms with E-state index < -0.39 is 0 Å². The van der Waals surface area contributed by atoms with Crippen molar-refractivity contribution >= 4 is 21.6 Å². The smallest absolute Gasteiger partial charge is 0.239 e. The van der Waals surface area contributed by atoms with Gasteiger partial charge < -0.3 is 10.5 Å². The minimum atomic E-state index is 0.425. The van der Waals surface area contributed by atoms with Crippen LogP contribution in [0, 0.1) is 5.92 Å². The number of hydrogen-bond acceptors (Lipinski definition) is 4. The summed E-state index contributed by atoms with van der Waals surface area (Å²) in [6, 6.07) is 3.57. The molecule has 0 spiro atoms. The lowest BCUT2D eigenvalue weighted by atomic mass is 10.2. The second kappa shape index (κ2) is 5.39. The molecule has 0 aliphatic rings. The molecule has 96 valence electrons. The molecule has 18 heavy (non-hydrogen) atoms. The average Bonchev–Trinajstić information content (AvgIpc) is 2.74. The van der Waals surface area contributed by atoms with E-state index in [4.69, 9.17) is 10.5 Å². The van der Waals surface area contributed by atoms with Gasteiger partial charge >= 0.3 is 0 Å². The summed E-state index contributed by atoms with van der Waals surface area (Å²) in [6.07, 6.45) is 3.53. The lowest BCUT2D eigenvalue weighted by Gasteiger charge is -2.11. The third-order valence-electron chi connectivity index (χ3n) is 2.21. The van der Waals surface area contributed by atoms with Gasteiger partial charge in [-0.15, -0.1) is 0 Å². The molecule has 0 aromatic carbocycles. The van der Waals surface area contributed by atoms with Crippen molar-refractivity contribution in [1.82, 2.24) is 14.8 Å². The molecular formula is C12H15BrN4O. The van der Waals surface area contributed by atoms with E-state index in [9.17, 15) is 0 Å². The van der Waals surface area contributed by atoms with Gasteiger partial charge in [0.1, 0.15) is 0 Å². The minimum absolute atomic E-state index is 0.425. The van der Waals surface area contributed by atoms with Gasteiger partial charge in [-0.2, -0.15) is 10.1 Å². The van der Waals surface area contributed by atoms with Crippen molar-refractivity contribution in [2.75, 3.05) is 12.3 Å². The third kappa shape index (κ3) is 3.01. The predicted molar refractivity (Wildman–Crippen MR) is 73.8 cm³/mol. The van der Waals surface area contributed by atoms with Gasteiger partial charge in [0.2, 0.25) is 5.88 Å². The quantitative estimate of drug-likeness (QED) is 0.942. The molecule has 2 N–H and O–H groups in total. The van der Waals surface area contributed by atoms with Crippen molar-refractivity contribution < 1.29 is 4.74 Å². The molecule has 0 saturated heterocycles. The number of nitrogens with zero attached hydrogens (tertiary/aromatic N) is 3. The van der Waals surface area contributed by atoms with Crippen LogP contribution in [0.15, 0.2) is 29.0 Å². The summed E-state index contributed by atoms with van der Waals surface area (Å²) in [5.41, 5.74) is 6.37.